The fourth-order valence-electron chi connectivity index (χ4n) is 1.05. The molecule has 0 radical (unpaired) electrons. The Balaban J connectivity index is 2.85. The fraction of sp³-hybridized carbons (Fsp3) is 0.667. The minimum atomic E-state index is 0.503. The zero-order chi connectivity index (χ0) is 9.14. The van der Waals surface area contributed by atoms with E-state index in [0.29, 0.717) is 5.92 Å². The standard InChI is InChI=1S/C9H16N2S/c1-4-5-7-8(10)12-9(11-7)6(2)3/h6H,4-5,10H2,1-3H3. The number of aromatic nitrogens is 1. The van der Waals surface area contributed by atoms with Crippen LogP contribution in [0.15, 0.2) is 0 Å². The van der Waals surface area contributed by atoms with Crippen LogP contribution < -0.4 is 5.73 Å². The average molecular weight is 184 g/mol. The van der Waals surface area contributed by atoms with Gasteiger partial charge >= 0.3 is 0 Å². The normalized spacial score (nSPS) is 11.0. The van der Waals surface area contributed by atoms with Gasteiger partial charge < -0.3 is 5.73 Å². The summed E-state index contributed by atoms with van der Waals surface area (Å²) in [5.74, 6) is 0.503. The number of nitrogens with zero attached hydrogens (tertiary/aromatic N) is 1. The molecule has 0 fully saturated rings. The Morgan fingerprint density at radius 1 is 1.50 bits per heavy atom. The molecule has 0 aliphatic heterocycles. The lowest BCUT2D eigenvalue weighted by Gasteiger charge is -1.95. The number of thiazole rings is 1. The van der Waals surface area contributed by atoms with E-state index in [-0.39, 0.29) is 0 Å². The molecule has 2 N–H and O–H groups in total. The van der Waals surface area contributed by atoms with Crippen LogP contribution in [0.3, 0.4) is 0 Å². The third kappa shape index (κ3) is 1.97. The summed E-state index contributed by atoms with van der Waals surface area (Å²) in [6.45, 7) is 6.44. The van der Waals surface area contributed by atoms with Crippen LogP contribution in [0, 0.1) is 0 Å². The van der Waals surface area contributed by atoms with Crippen molar-refractivity contribution >= 4 is 16.3 Å². The molecule has 1 aromatic rings. The van der Waals surface area contributed by atoms with E-state index >= 15 is 0 Å². The zero-order valence-corrected chi connectivity index (χ0v) is 8.74. The Bertz CT molecular complexity index is 253. The van der Waals surface area contributed by atoms with Crippen molar-refractivity contribution in [2.24, 2.45) is 0 Å². The lowest BCUT2D eigenvalue weighted by molar-refractivity contribution is 0.823. The lowest BCUT2D eigenvalue weighted by Crippen LogP contribution is -1.91. The monoisotopic (exact) mass is 184 g/mol. The largest absolute Gasteiger partial charge is 0.389 e. The van der Waals surface area contributed by atoms with E-state index in [0.717, 1.165) is 28.5 Å². The Hall–Kier alpha value is -0.570. The van der Waals surface area contributed by atoms with Gasteiger partial charge in [-0.15, -0.1) is 11.3 Å². The summed E-state index contributed by atoms with van der Waals surface area (Å²) in [4.78, 5) is 4.49. The van der Waals surface area contributed by atoms with Crippen molar-refractivity contribution in [1.82, 2.24) is 4.98 Å². The van der Waals surface area contributed by atoms with Gasteiger partial charge in [-0.1, -0.05) is 27.2 Å². The predicted octanol–water partition coefficient (Wildman–Crippen LogP) is 2.80. The van der Waals surface area contributed by atoms with Crippen molar-refractivity contribution in [2.45, 2.75) is 39.5 Å². The minimum Gasteiger partial charge on any atom is -0.389 e. The van der Waals surface area contributed by atoms with Crippen LogP contribution in [0.1, 0.15) is 43.8 Å². The molecule has 0 bridgehead atoms. The second kappa shape index (κ2) is 3.90. The molecule has 12 heavy (non-hydrogen) atoms. The summed E-state index contributed by atoms with van der Waals surface area (Å²) in [7, 11) is 0. The number of nitrogen functional groups attached to an aromatic ring is 1. The second-order valence-corrected chi connectivity index (χ2v) is 4.33. The Kier molecular flexibility index (Phi) is 3.09. The van der Waals surface area contributed by atoms with Crippen LogP contribution in [0.5, 0.6) is 0 Å². The maximum absolute atomic E-state index is 5.82. The number of nitrogens with two attached hydrogens (primary N) is 1. The van der Waals surface area contributed by atoms with E-state index in [2.05, 4.69) is 25.8 Å². The van der Waals surface area contributed by atoms with Gasteiger partial charge in [-0.2, -0.15) is 0 Å². The number of hydrogen-bond acceptors (Lipinski definition) is 3. The number of anilines is 1. The number of hydrogen-bond donors (Lipinski definition) is 1. The maximum atomic E-state index is 5.82. The third-order valence-electron chi connectivity index (χ3n) is 1.72. The predicted molar refractivity (Wildman–Crippen MR) is 54.6 cm³/mol. The average Bonchev–Trinajstić information content (AvgIpc) is 2.34. The van der Waals surface area contributed by atoms with Crippen LogP contribution >= 0.6 is 11.3 Å². The summed E-state index contributed by atoms with van der Waals surface area (Å²) in [5, 5.41) is 2.07. The Labute approximate surface area is 77.8 Å². The number of aryl methyl sites for hydroxylation is 1. The molecule has 0 amide bonds. The molecule has 1 rings (SSSR count). The molecule has 2 nitrogen and oxygen atoms in total. The van der Waals surface area contributed by atoms with Crippen LogP contribution in [0.2, 0.25) is 0 Å². The molecule has 1 aromatic heterocycles. The summed E-state index contributed by atoms with van der Waals surface area (Å²) in [6.07, 6.45) is 2.13. The highest BCUT2D eigenvalue weighted by molar-refractivity contribution is 7.15. The van der Waals surface area contributed by atoms with Gasteiger partial charge in [-0.05, 0) is 6.42 Å². The van der Waals surface area contributed by atoms with Crippen LogP contribution in [0.25, 0.3) is 0 Å². The lowest BCUT2D eigenvalue weighted by atomic mass is 10.2. The highest BCUT2D eigenvalue weighted by atomic mass is 32.1. The molecule has 0 spiro atoms. The van der Waals surface area contributed by atoms with Gasteiger partial charge in [-0.3, -0.25) is 0 Å². The second-order valence-electron chi connectivity index (χ2n) is 3.27. The molecule has 0 aliphatic carbocycles. The van der Waals surface area contributed by atoms with E-state index < -0.39 is 0 Å². The van der Waals surface area contributed by atoms with E-state index in [1.807, 2.05) is 0 Å². The van der Waals surface area contributed by atoms with Crippen LogP contribution in [0.4, 0.5) is 5.00 Å². The van der Waals surface area contributed by atoms with Gasteiger partial charge in [0.1, 0.15) is 5.00 Å². The topological polar surface area (TPSA) is 38.9 Å². The van der Waals surface area contributed by atoms with Crippen molar-refractivity contribution in [3.8, 4) is 0 Å². The molecule has 0 saturated heterocycles. The SMILES string of the molecule is CCCc1nc(C(C)C)sc1N. The van der Waals surface area contributed by atoms with Gasteiger partial charge in [-0.25, -0.2) is 4.98 Å². The summed E-state index contributed by atoms with van der Waals surface area (Å²) >= 11 is 1.63. The molecule has 3 heteroatoms. The van der Waals surface area contributed by atoms with Gasteiger partial charge in [0.05, 0.1) is 10.7 Å². The molecule has 0 aliphatic rings. The minimum absolute atomic E-state index is 0.503. The summed E-state index contributed by atoms with van der Waals surface area (Å²) in [6, 6.07) is 0. The maximum Gasteiger partial charge on any atom is 0.109 e. The van der Waals surface area contributed by atoms with Crippen molar-refractivity contribution in [3.63, 3.8) is 0 Å². The first-order valence-corrected chi connectivity index (χ1v) is 5.21. The zero-order valence-electron chi connectivity index (χ0n) is 7.92. The molecule has 0 saturated carbocycles. The molecule has 1 heterocycles. The highest BCUT2D eigenvalue weighted by Crippen LogP contribution is 2.27. The third-order valence-corrected chi connectivity index (χ3v) is 2.95. The number of rotatable bonds is 3. The molecule has 68 valence electrons. The molecular weight excluding hydrogens is 168 g/mol. The van der Waals surface area contributed by atoms with Crippen molar-refractivity contribution < 1.29 is 0 Å². The molecule has 0 atom stereocenters. The van der Waals surface area contributed by atoms with Gasteiger partial charge in [0.25, 0.3) is 0 Å². The van der Waals surface area contributed by atoms with Crippen molar-refractivity contribution in [2.75, 3.05) is 5.73 Å². The highest BCUT2D eigenvalue weighted by Gasteiger charge is 2.09. The Morgan fingerprint density at radius 2 is 2.17 bits per heavy atom. The Morgan fingerprint density at radius 3 is 2.58 bits per heavy atom. The smallest absolute Gasteiger partial charge is 0.109 e. The molecule has 0 unspecified atom stereocenters. The van der Waals surface area contributed by atoms with Crippen LogP contribution in [-0.2, 0) is 6.42 Å². The van der Waals surface area contributed by atoms with Gasteiger partial charge in [0.2, 0.25) is 0 Å². The quantitative estimate of drug-likeness (QED) is 0.784. The van der Waals surface area contributed by atoms with E-state index in [1.165, 1.54) is 0 Å². The van der Waals surface area contributed by atoms with Gasteiger partial charge in [0.15, 0.2) is 0 Å². The fourth-order valence-corrected chi connectivity index (χ4v) is 1.93. The van der Waals surface area contributed by atoms with Crippen molar-refractivity contribution in [3.05, 3.63) is 10.7 Å². The summed E-state index contributed by atoms with van der Waals surface area (Å²) in [5.41, 5.74) is 6.91. The van der Waals surface area contributed by atoms with Crippen LogP contribution in [-0.4, -0.2) is 4.98 Å². The van der Waals surface area contributed by atoms with Gasteiger partial charge in [0, 0.05) is 5.92 Å². The molecule has 0 aromatic carbocycles. The molecular formula is C9H16N2S. The first-order valence-electron chi connectivity index (χ1n) is 4.40. The first kappa shape index (κ1) is 9.52. The van der Waals surface area contributed by atoms with E-state index in [1.54, 1.807) is 11.3 Å². The first-order chi connectivity index (χ1) is 5.65. The summed E-state index contributed by atoms with van der Waals surface area (Å²) < 4.78 is 0. The van der Waals surface area contributed by atoms with E-state index in [4.69, 9.17) is 5.73 Å². The van der Waals surface area contributed by atoms with E-state index in [9.17, 15) is 0 Å². The van der Waals surface area contributed by atoms with Crippen molar-refractivity contribution in [1.29, 1.82) is 0 Å².